The zero-order valence-corrected chi connectivity index (χ0v) is 17.6. The molecule has 27 heavy (non-hydrogen) atoms. The molecule has 1 unspecified atom stereocenters. The van der Waals surface area contributed by atoms with Crippen molar-refractivity contribution in [2.45, 2.75) is 78.2 Å². The third kappa shape index (κ3) is 2.58. The van der Waals surface area contributed by atoms with E-state index in [1.165, 1.54) is 51.6 Å². The maximum absolute atomic E-state index is 10.3. The number of hydrogen-bond acceptors (Lipinski definition) is 2. The third-order valence-electron chi connectivity index (χ3n) is 9.86. The van der Waals surface area contributed by atoms with Gasteiger partial charge in [0.05, 0.1) is 6.10 Å². The van der Waals surface area contributed by atoms with Crippen molar-refractivity contribution < 1.29 is 5.11 Å². The van der Waals surface area contributed by atoms with Gasteiger partial charge in [0.2, 0.25) is 0 Å². The van der Waals surface area contributed by atoms with Crippen LogP contribution >= 0.6 is 0 Å². The summed E-state index contributed by atoms with van der Waals surface area (Å²) < 4.78 is 0. The predicted molar refractivity (Wildman–Crippen MR) is 111 cm³/mol. The zero-order valence-electron chi connectivity index (χ0n) is 17.6. The van der Waals surface area contributed by atoms with Gasteiger partial charge in [0, 0.05) is 6.54 Å². The van der Waals surface area contributed by atoms with Gasteiger partial charge in [-0.1, -0.05) is 44.1 Å². The highest BCUT2D eigenvalue weighted by Gasteiger charge is 2.59. The fourth-order valence-corrected chi connectivity index (χ4v) is 8.35. The van der Waals surface area contributed by atoms with Crippen molar-refractivity contribution in [2.75, 3.05) is 13.1 Å². The van der Waals surface area contributed by atoms with Gasteiger partial charge in [0.25, 0.3) is 0 Å². The van der Waals surface area contributed by atoms with Gasteiger partial charge in [-0.25, -0.2) is 0 Å². The Morgan fingerprint density at radius 3 is 2.67 bits per heavy atom. The van der Waals surface area contributed by atoms with Crippen LogP contribution in [0.2, 0.25) is 0 Å². The second-order valence-corrected chi connectivity index (χ2v) is 10.9. The van der Waals surface area contributed by atoms with Crippen LogP contribution in [0.15, 0.2) is 23.3 Å². The molecular formula is C25H39NO. The summed E-state index contributed by atoms with van der Waals surface area (Å²) in [6.07, 6.45) is 15.1. The molecule has 3 fully saturated rings. The minimum absolute atomic E-state index is 0.0955. The molecule has 8 atom stereocenters. The maximum atomic E-state index is 10.3. The number of nitrogens with one attached hydrogen (secondary N) is 1. The first kappa shape index (κ1) is 18.4. The Morgan fingerprint density at radius 1 is 1.11 bits per heavy atom. The van der Waals surface area contributed by atoms with E-state index in [1.807, 2.05) is 5.57 Å². The number of aliphatic hydroxyl groups is 1. The summed E-state index contributed by atoms with van der Waals surface area (Å²) in [7, 11) is 0. The lowest BCUT2D eigenvalue weighted by Gasteiger charge is -2.60. The Kier molecular flexibility index (Phi) is 4.41. The van der Waals surface area contributed by atoms with Gasteiger partial charge in [0.1, 0.15) is 0 Å². The Hall–Kier alpha value is -0.600. The monoisotopic (exact) mass is 369 g/mol. The molecule has 1 aliphatic heterocycles. The molecule has 0 aromatic heterocycles. The van der Waals surface area contributed by atoms with Gasteiger partial charge in [-0.15, -0.1) is 0 Å². The molecule has 0 spiro atoms. The molecule has 5 rings (SSSR count). The standard InChI is InChI=1S/C25H39NO/c1-4-16-13-18-14-19(27)7-10-24(18,2)22-8-11-25(3)20(17-9-12-26-15-17)5-6-21(25)23(16)22/h5,13,16-17,19,21-23,26-27H,4,6-12,14-15H2,1-3H3/t16-,17?,19-,21-,22-,23-,24-,25+/m0/s1. The Balaban J connectivity index is 1.50. The van der Waals surface area contributed by atoms with Gasteiger partial charge in [0.15, 0.2) is 0 Å². The van der Waals surface area contributed by atoms with Crippen LogP contribution < -0.4 is 5.32 Å². The highest BCUT2D eigenvalue weighted by atomic mass is 16.3. The van der Waals surface area contributed by atoms with Crippen LogP contribution in [-0.2, 0) is 0 Å². The van der Waals surface area contributed by atoms with Crippen LogP contribution in [0.25, 0.3) is 0 Å². The molecule has 150 valence electrons. The SMILES string of the molecule is CC[C@H]1C=C2C[C@@H](O)CC[C@]2(C)[C@H]2CC[C@]3(C)C(C4CCNC4)=CC[C@H]3[C@H]12. The number of rotatable bonds is 2. The fraction of sp³-hybridized carbons (Fsp3) is 0.840. The molecular weight excluding hydrogens is 330 g/mol. The molecule has 0 amide bonds. The second-order valence-electron chi connectivity index (χ2n) is 10.9. The van der Waals surface area contributed by atoms with Crippen molar-refractivity contribution >= 4 is 0 Å². The number of allylic oxidation sites excluding steroid dienone is 2. The van der Waals surface area contributed by atoms with Crippen molar-refractivity contribution in [2.24, 2.45) is 40.4 Å². The van der Waals surface area contributed by atoms with E-state index >= 15 is 0 Å². The van der Waals surface area contributed by atoms with E-state index in [9.17, 15) is 5.11 Å². The minimum atomic E-state index is -0.0955. The fourth-order valence-electron chi connectivity index (χ4n) is 8.35. The molecule has 2 N–H and O–H groups in total. The molecule has 4 aliphatic carbocycles. The van der Waals surface area contributed by atoms with E-state index in [4.69, 9.17) is 0 Å². The Morgan fingerprint density at radius 2 is 1.93 bits per heavy atom. The summed E-state index contributed by atoms with van der Waals surface area (Å²) in [5, 5.41) is 13.9. The third-order valence-corrected chi connectivity index (χ3v) is 9.86. The molecule has 2 saturated carbocycles. The largest absolute Gasteiger partial charge is 0.393 e. The molecule has 0 radical (unpaired) electrons. The average Bonchev–Trinajstić information content (AvgIpc) is 3.28. The summed E-state index contributed by atoms with van der Waals surface area (Å²) >= 11 is 0. The van der Waals surface area contributed by atoms with Gasteiger partial charge < -0.3 is 10.4 Å². The lowest BCUT2D eigenvalue weighted by molar-refractivity contribution is -0.0535. The Bertz CT molecular complexity index is 659. The van der Waals surface area contributed by atoms with Crippen LogP contribution in [0, 0.1) is 40.4 Å². The molecule has 0 aromatic rings. The normalized spacial score (nSPS) is 51.9. The molecule has 0 bridgehead atoms. The van der Waals surface area contributed by atoms with E-state index in [-0.39, 0.29) is 6.10 Å². The van der Waals surface area contributed by atoms with Crippen molar-refractivity contribution in [3.8, 4) is 0 Å². The maximum Gasteiger partial charge on any atom is 0.0577 e. The predicted octanol–water partition coefficient (Wildman–Crippen LogP) is 5.09. The number of aliphatic hydroxyl groups excluding tert-OH is 1. The highest BCUT2D eigenvalue weighted by Crippen LogP contribution is 2.67. The van der Waals surface area contributed by atoms with Crippen molar-refractivity contribution in [1.82, 2.24) is 5.32 Å². The molecule has 1 heterocycles. The van der Waals surface area contributed by atoms with Crippen LogP contribution in [0.4, 0.5) is 0 Å². The van der Waals surface area contributed by atoms with E-state index in [0.29, 0.717) is 10.8 Å². The highest BCUT2D eigenvalue weighted by molar-refractivity contribution is 5.32. The van der Waals surface area contributed by atoms with Crippen LogP contribution in [0.5, 0.6) is 0 Å². The molecule has 0 aromatic carbocycles. The first-order valence-corrected chi connectivity index (χ1v) is 11.8. The molecule has 5 aliphatic rings. The van der Waals surface area contributed by atoms with Crippen molar-refractivity contribution in [3.63, 3.8) is 0 Å². The summed E-state index contributed by atoms with van der Waals surface area (Å²) in [5.74, 6) is 4.05. The van der Waals surface area contributed by atoms with Crippen LogP contribution in [-0.4, -0.2) is 24.3 Å². The van der Waals surface area contributed by atoms with E-state index in [1.54, 1.807) is 5.57 Å². The van der Waals surface area contributed by atoms with Gasteiger partial charge in [-0.05, 0) is 98.3 Å². The Labute approximate surface area is 165 Å². The summed E-state index contributed by atoms with van der Waals surface area (Å²) in [4.78, 5) is 0. The first-order valence-electron chi connectivity index (χ1n) is 11.8. The van der Waals surface area contributed by atoms with Gasteiger partial charge >= 0.3 is 0 Å². The first-order chi connectivity index (χ1) is 13.0. The quantitative estimate of drug-likeness (QED) is 0.664. The lowest BCUT2D eigenvalue weighted by Crippen LogP contribution is -2.53. The summed E-state index contributed by atoms with van der Waals surface area (Å²) in [5.41, 5.74) is 4.24. The van der Waals surface area contributed by atoms with Crippen LogP contribution in [0.1, 0.15) is 72.1 Å². The minimum Gasteiger partial charge on any atom is -0.393 e. The average molecular weight is 370 g/mol. The smallest absolute Gasteiger partial charge is 0.0577 e. The van der Waals surface area contributed by atoms with Crippen LogP contribution in [0.3, 0.4) is 0 Å². The van der Waals surface area contributed by atoms with E-state index < -0.39 is 0 Å². The van der Waals surface area contributed by atoms with Crippen molar-refractivity contribution in [1.29, 1.82) is 0 Å². The second kappa shape index (κ2) is 6.46. The summed E-state index contributed by atoms with van der Waals surface area (Å²) in [6, 6.07) is 0. The lowest BCUT2D eigenvalue weighted by atomic mass is 9.45. The van der Waals surface area contributed by atoms with E-state index in [2.05, 4.69) is 38.2 Å². The molecule has 2 heteroatoms. The molecule has 2 nitrogen and oxygen atoms in total. The molecule has 1 saturated heterocycles. The van der Waals surface area contributed by atoms with Crippen molar-refractivity contribution in [3.05, 3.63) is 23.3 Å². The van der Waals surface area contributed by atoms with Gasteiger partial charge in [-0.3, -0.25) is 0 Å². The van der Waals surface area contributed by atoms with Gasteiger partial charge in [-0.2, -0.15) is 0 Å². The van der Waals surface area contributed by atoms with E-state index in [0.717, 1.165) is 42.4 Å². The zero-order chi connectivity index (χ0) is 18.8. The number of hydrogen-bond donors (Lipinski definition) is 2. The topological polar surface area (TPSA) is 32.3 Å². The summed E-state index contributed by atoms with van der Waals surface area (Å²) in [6.45, 7) is 10.00. The number of fused-ring (bicyclic) bond motifs is 5.